The summed E-state index contributed by atoms with van der Waals surface area (Å²) < 4.78 is 11.7. The van der Waals surface area contributed by atoms with E-state index in [9.17, 15) is 0 Å². The zero-order valence-electron chi connectivity index (χ0n) is 14.4. The van der Waals surface area contributed by atoms with Gasteiger partial charge in [-0.2, -0.15) is 0 Å². The van der Waals surface area contributed by atoms with E-state index in [-0.39, 0.29) is 0 Å². The van der Waals surface area contributed by atoms with Crippen molar-refractivity contribution >= 4 is 16.6 Å². The zero-order valence-corrected chi connectivity index (χ0v) is 14.4. The lowest BCUT2D eigenvalue weighted by Crippen LogP contribution is -1.98. The Kier molecular flexibility index (Phi) is 4.42. The molecule has 1 aliphatic carbocycles. The lowest BCUT2D eigenvalue weighted by Gasteiger charge is -2.09. The molecule has 1 saturated carbocycles. The van der Waals surface area contributed by atoms with Gasteiger partial charge in [-0.1, -0.05) is 6.07 Å². The normalized spacial score (nSPS) is 13.6. The van der Waals surface area contributed by atoms with Crippen LogP contribution in [0.25, 0.3) is 10.8 Å². The number of ether oxygens (including phenoxy) is 2. The molecular formula is C21H22N2O2. The Morgan fingerprint density at radius 2 is 1.72 bits per heavy atom. The topological polar surface area (TPSA) is 43.4 Å². The van der Waals surface area contributed by atoms with Crippen molar-refractivity contribution in [2.75, 3.05) is 18.5 Å². The maximum Gasteiger partial charge on any atom is 0.128 e. The summed E-state index contributed by atoms with van der Waals surface area (Å²) in [4.78, 5) is 4.41. The van der Waals surface area contributed by atoms with Gasteiger partial charge in [0.1, 0.15) is 23.1 Å². The quantitative estimate of drug-likeness (QED) is 0.641. The monoisotopic (exact) mass is 334 g/mol. The Balaban J connectivity index is 1.45. The molecule has 0 amide bonds. The summed E-state index contributed by atoms with van der Waals surface area (Å²) in [5.41, 5.74) is 0. The molecule has 0 unspecified atom stereocenters. The van der Waals surface area contributed by atoms with Crippen LogP contribution in [-0.2, 0) is 0 Å². The van der Waals surface area contributed by atoms with Crippen LogP contribution in [0.15, 0.2) is 54.7 Å². The van der Waals surface area contributed by atoms with Gasteiger partial charge < -0.3 is 14.8 Å². The van der Waals surface area contributed by atoms with E-state index >= 15 is 0 Å². The van der Waals surface area contributed by atoms with E-state index in [1.54, 1.807) is 0 Å². The third-order valence-corrected chi connectivity index (χ3v) is 4.29. The van der Waals surface area contributed by atoms with Gasteiger partial charge in [0.25, 0.3) is 0 Å². The summed E-state index contributed by atoms with van der Waals surface area (Å²) in [7, 11) is 0. The molecular weight excluding hydrogens is 312 g/mol. The molecule has 0 radical (unpaired) electrons. The number of benzene rings is 2. The third kappa shape index (κ3) is 4.02. The second-order valence-electron chi connectivity index (χ2n) is 6.44. The highest BCUT2D eigenvalue weighted by Crippen LogP contribution is 2.31. The van der Waals surface area contributed by atoms with E-state index in [4.69, 9.17) is 9.47 Å². The Labute approximate surface area is 147 Å². The first kappa shape index (κ1) is 15.8. The van der Waals surface area contributed by atoms with E-state index in [1.807, 2.05) is 42.6 Å². The van der Waals surface area contributed by atoms with Crippen molar-refractivity contribution in [3.8, 4) is 17.2 Å². The highest BCUT2D eigenvalue weighted by molar-refractivity contribution is 5.85. The van der Waals surface area contributed by atoms with E-state index in [1.165, 1.54) is 12.8 Å². The van der Waals surface area contributed by atoms with Crippen LogP contribution >= 0.6 is 0 Å². The Bertz CT molecular complexity index is 857. The largest absolute Gasteiger partial charge is 0.493 e. The molecule has 0 atom stereocenters. The number of anilines is 1. The Morgan fingerprint density at radius 1 is 0.960 bits per heavy atom. The molecule has 1 fully saturated rings. The molecule has 4 rings (SSSR count). The minimum absolute atomic E-state index is 0.759. The molecule has 1 aromatic heterocycles. The van der Waals surface area contributed by atoms with Crippen LogP contribution in [0.5, 0.6) is 17.2 Å². The zero-order chi connectivity index (χ0) is 17.1. The fraction of sp³-hybridized carbons (Fsp3) is 0.286. The number of hydrogen-bond donors (Lipinski definition) is 1. The number of nitrogens with one attached hydrogen (secondary N) is 1. The maximum atomic E-state index is 5.96. The van der Waals surface area contributed by atoms with Gasteiger partial charge in [-0.05, 0) is 73.5 Å². The number of nitrogens with zero attached hydrogens (tertiary/aromatic N) is 1. The SMILES string of the molecule is CCNc1cc2ccc(Oc3ccc(OCC4CC4)cc3)cc2cn1. The molecule has 1 heterocycles. The van der Waals surface area contributed by atoms with Crippen LogP contribution in [-0.4, -0.2) is 18.1 Å². The molecule has 0 spiro atoms. The van der Waals surface area contributed by atoms with E-state index in [0.29, 0.717) is 0 Å². The predicted octanol–water partition coefficient (Wildman–Crippen LogP) is 5.25. The third-order valence-electron chi connectivity index (χ3n) is 4.29. The van der Waals surface area contributed by atoms with Gasteiger partial charge >= 0.3 is 0 Å². The second kappa shape index (κ2) is 7.01. The second-order valence-corrected chi connectivity index (χ2v) is 6.44. The van der Waals surface area contributed by atoms with Gasteiger partial charge in [0.2, 0.25) is 0 Å². The Hall–Kier alpha value is -2.75. The minimum atomic E-state index is 0.759. The van der Waals surface area contributed by atoms with Crippen LogP contribution < -0.4 is 14.8 Å². The lowest BCUT2D eigenvalue weighted by atomic mass is 10.1. The molecule has 1 aliphatic rings. The van der Waals surface area contributed by atoms with Crippen molar-refractivity contribution in [2.45, 2.75) is 19.8 Å². The van der Waals surface area contributed by atoms with Crippen molar-refractivity contribution in [2.24, 2.45) is 5.92 Å². The van der Waals surface area contributed by atoms with Crippen molar-refractivity contribution in [1.29, 1.82) is 0 Å². The van der Waals surface area contributed by atoms with Gasteiger partial charge in [-0.15, -0.1) is 0 Å². The first-order chi connectivity index (χ1) is 12.3. The average Bonchev–Trinajstić information content (AvgIpc) is 3.46. The molecule has 3 aromatic rings. The first-order valence-corrected chi connectivity index (χ1v) is 8.84. The molecule has 2 aromatic carbocycles. The van der Waals surface area contributed by atoms with Crippen LogP contribution in [0.4, 0.5) is 5.82 Å². The van der Waals surface area contributed by atoms with Gasteiger partial charge in [0.05, 0.1) is 6.61 Å². The first-order valence-electron chi connectivity index (χ1n) is 8.84. The van der Waals surface area contributed by atoms with E-state index in [2.05, 4.69) is 29.4 Å². The molecule has 0 bridgehead atoms. The number of pyridine rings is 1. The Morgan fingerprint density at radius 3 is 2.48 bits per heavy atom. The van der Waals surface area contributed by atoms with Crippen LogP contribution in [0, 0.1) is 5.92 Å². The fourth-order valence-corrected chi connectivity index (χ4v) is 2.70. The molecule has 0 saturated heterocycles. The number of fused-ring (bicyclic) bond motifs is 1. The summed E-state index contributed by atoms with van der Waals surface area (Å²) in [6, 6.07) is 15.9. The summed E-state index contributed by atoms with van der Waals surface area (Å²) in [5.74, 6) is 4.16. The highest BCUT2D eigenvalue weighted by Gasteiger charge is 2.21. The predicted molar refractivity (Wildman–Crippen MR) is 101 cm³/mol. The molecule has 1 N–H and O–H groups in total. The summed E-state index contributed by atoms with van der Waals surface area (Å²) >= 11 is 0. The fourth-order valence-electron chi connectivity index (χ4n) is 2.70. The lowest BCUT2D eigenvalue weighted by molar-refractivity contribution is 0.299. The van der Waals surface area contributed by atoms with E-state index < -0.39 is 0 Å². The molecule has 0 aliphatic heterocycles. The summed E-state index contributed by atoms with van der Waals surface area (Å²) in [5, 5.41) is 5.43. The molecule has 4 nitrogen and oxygen atoms in total. The molecule has 4 heteroatoms. The smallest absolute Gasteiger partial charge is 0.128 e. The number of rotatable bonds is 7. The van der Waals surface area contributed by atoms with E-state index in [0.717, 1.165) is 52.9 Å². The highest BCUT2D eigenvalue weighted by atomic mass is 16.5. The maximum absolute atomic E-state index is 5.96. The average molecular weight is 334 g/mol. The summed E-state index contributed by atoms with van der Waals surface area (Å²) in [6.45, 7) is 3.75. The standard InChI is InChI=1S/C21H22N2O2/c1-2-22-21-12-16-5-6-20(11-17(16)13-23-21)25-19-9-7-18(8-10-19)24-14-15-3-4-15/h5-13,15H,2-4,14H2,1H3,(H,22,23). The van der Waals surface area contributed by atoms with Crippen molar-refractivity contribution in [1.82, 2.24) is 4.98 Å². The number of hydrogen-bond acceptors (Lipinski definition) is 4. The van der Waals surface area contributed by atoms with Crippen molar-refractivity contribution in [3.05, 3.63) is 54.7 Å². The van der Waals surface area contributed by atoms with Gasteiger partial charge in [-0.25, -0.2) is 4.98 Å². The summed E-state index contributed by atoms with van der Waals surface area (Å²) in [6.07, 6.45) is 4.47. The number of aromatic nitrogens is 1. The van der Waals surface area contributed by atoms with Crippen LogP contribution in [0.2, 0.25) is 0 Å². The molecule has 25 heavy (non-hydrogen) atoms. The van der Waals surface area contributed by atoms with Crippen molar-refractivity contribution < 1.29 is 9.47 Å². The van der Waals surface area contributed by atoms with Crippen molar-refractivity contribution in [3.63, 3.8) is 0 Å². The van der Waals surface area contributed by atoms with Gasteiger partial charge in [0, 0.05) is 18.1 Å². The van der Waals surface area contributed by atoms with Crippen LogP contribution in [0.1, 0.15) is 19.8 Å². The molecule has 128 valence electrons. The minimum Gasteiger partial charge on any atom is -0.493 e. The van der Waals surface area contributed by atoms with Gasteiger partial charge in [0.15, 0.2) is 0 Å². The van der Waals surface area contributed by atoms with Gasteiger partial charge in [-0.3, -0.25) is 0 Å². The van der Waals surface area contributed by atoms with Crippen LogP contribution in [0.3, 0.4) is 0 Å².